The van der Waals surface area contributed by atoms with E-state index in [0.717, 1.165) is 50.2 Å². The van der Waals surface area contributed by atoms with Gasteiger partial charge >= 0.3 is 0 Å². The maximum Gasteiger partial charge on any atom is 0.234 e. The predicted octanol–water partition coefficient (Wildman–Crippen LogP) is 13.6. The van der Waals surface area contributed by atoms with Gasteiger partial charge in [-0.15, -0.1) is 54.1 Å². The summed E-state index contributed by atoms with van der Waals surface area (Å²) in [5.41, 5.74) is 10.0. The number of hydrogen-bond donors (Lipinski definition) is 0. The third-order valence-electron chi connectivity index (χ3n) is 11.0. The Kier molecular flexibility index (Phi) is 9.79. The molecule has 0 bridgehead atoms. The number of pyridine rings is 1. The summed E-state index contributed by atoms with van der Waals surface area (Å²) >= 11 is 0. The normalized spacial score (nSPS) is 13.6. The molecule has 0 aliphatic carbocycles. The van der Waals surface area contributed by atoms with E-state index in [-0.39, 0.29) is 54.2 Å². The zero-order valence-corrected chi connectivity index (χ0v) is 39.0. The van der Waals surface area contributed by atoms with E-state index < -0.39 is 33.3 Å². The van der Waals surface area contributed by atoms with Crippen LogP contribution in [-0.2, 0) is 20.1 Å². The van der Waals surface area contributed by atoms with E-state index in [1.807, 2.05) is 66.9 Å². The number of para-hydroxylation sites is 2. The largest absolute Gasteiger partial charge is 0.496 e. The summed E-state index contributed by atoms with van der Waals surface area (Å²) < 4.78 is 62.9. The molecule has 0 aliphatic rings. The van der Waals surface area contributed by atoms with Gasteiger partial charge in [-0.25, -0.2) is 4.98 Å². The fourth-order valence-corrected chi connectivity index (χ4v) is 8.91. The zero-order valence-electron chi connectivity index (χ0n) is 41.6. The van der Waals surface area contributed by atoms with Crippen LogP contribution in [0.25, 0.3) is 83.7 Å². The van der Waals surface area contributed by atoms with E-state index in [2.05, 4.69) is 121 Å². The molecule has 7 nitrogen and oxygen atoms in total. The van der Waals surface area contributed by atoms with Gasteiger partial charge in [0, 0.05) is 40.2 Å². The van der Waals surface area contributed by atoms with E-state index >= 15 is 0 Å². The summed E-state index contributed by atoms with van der Waals surface area (Å²) in [5.74, 6) is 0.302. The third kappa shape index (κ3) is 7.85. The molecule has 0 spiro atoms. The van der Waals surface area contributed by atoms with Crippen LogP contribution in [0.2, 0.25) is 19.6 Å². The third-order valence-corrected chi connectivity index (χ3v) is 13.1. The molecule has 10 rings (SSSR count). The van der Waals surface area contributed by atoms with Gasteiger partial charge in [0.15, 0.2) is 11.2 Å². The van der Waals surface area contributed by atoms with Crippen molar-refractivity contribution in [1.29, 1.82) is 0 Å². The molecule has 0 atom stereocenters. The van der Waals surface area contributed by atoms with Gasteiger partial charge in [0.05, 0.1) is 36.2 Å². The van der Waals surface area contributed by atoms with Gasteiger partial charge in [0.1, 0.15) is 11.2 Å². The van der Waals surface area contributed by atoms with Gasteiger partial charge < -0.3 is 18.4 Å². The van der Waals surface area contributed by atoms with E-state index in [9.17, 15) is 0 Å². The first-order valence-corrected chi connectivity index (χ1v) is 24.0. The second-order valence-corrected chi connectivity index (χ2v) is 22.0. The van der Waals surface area contributed by atoms with Crippen LogP contribution in [0.5, 0.6) is 0 Å². The van der Waals surface area contributed by atoms with Gasteiger partial charge in [-0.05, 0) is 88.3 Å². The van der Waals surface area contributed by atoms with Crippen LogP contribution >= 0.6 is 0 Å². The minimum absolute atomic E-state index is 0. The molecule has 9 heteroatoms. The number of imidazole rings is 1. The number of furan rings is 2. The van der Waals surface area contributed by atoms with Gasteiger partial charge in [0.25, 0.3) is 0 Å². The first-order valence-electron chi connectivity index (χ1n) is 23.5. The van der Waals surface area contributed by atoms with Crippen molar-refractivity contribution >= 4 is 57.5 Å². The minimum atomic E-state index is -2.77. The molecular formula is C53H49IrN5O2Si-2. The van der Waals surface area contributed by atoms with E-state index in [1.165, 1.54) is 5.19 Å². The zero-order chi connectivity index (χ0) is 47.6. The number of benzene rings is 5. The van der Waals surface area contributed by atoms with Crippen LogP contribution in [0.1, 0.15) is 70.4 Å². The smallest absolute Gasteiger partial charge is 0.234 e. The topological polar surface area (TPSA) is 82.8 Å². The molecule has 1 radical (unpaired) electrons. The predicted molar refractivity (Wildman–Crippen MR) is 253 cm³/mol. The van der Waals surface area contributed by atoms with Crippen LogP contribution in [0.4, 0.5) is 0 Å². The Balaban J connectivity index is 0.000000312. The molecule has 0 N–H and O–H groups in total. The summed E-state index contributed by atoms with van der Waals surface area (Å²) in [5, 5.41) is 1.94. The molecule has 5 aromatic heterocycles. The Morgan fingerprint density at radius 1 is 0.694 bits per heavy atom. The van der Waals surface area contributed by atoms with Crippen molar-refractivity contribution in [3.05, 3.63) is 156 Å². The number of aryl methyl sites for hydroxylation is 2. The standard InChI is InChI=1S/C39H33N4O2.C14H16NSi.Ir/c1-21(2)29-19-26(25-13-8-7-9-14-25)20-30(22(3)4)34(29)43-32-18-11-10-17-31(32)42-38(43)28-16-12-15-27-35(28)44-37-33-23(5)40-24(6)41-39(33)45-36(27)37;1-16(2,3)13-9-10-14(15-11-13)12-7-5-4-6-8-12;/h7-15,17-22H,1-6H3;4-7,9-11H,1-3H3;/q2*-1;/i5D3,6D3;;. The van der Waals surface area contributed by atoms with Crippen LogP contribution in [-0.4, -0.2) is 32.6 Å². The van der Waals surface area contributed by atoms with Crippen molar-refractivity contribution < 1.29 is 37.2 Å². The maximum atomic E-state index is 8.20. The summed E-state index contributed by atoms with van der Waals surface area (Å²) in [6.07, 6.45) is 2.02. The molecule has 10 aromatic rings. The van der Waals surface area contributed by atoms with E-state index in [1.54, 1.807) is 12.1 Å². The Morgan fingerprint density at radius 2 is 1.44 bits per heavy atom. The number of fused-ring (bicyclic) bond motifs is 6. The van der Waals surface area contributed by atoms with Crippen molar-refractivity contribution in [2.24, 2.45) is 0 Å². The molecule has 5 heterocycles. The van der Waals surface area contributed by atoms with Crippen molar-refractivity contribution in [1.82, 2.24) is 24.5 Å². The minimum Gasteiger partial charge on any atom is -0.496 e. The maximum absolute atomic E-state index is 8.20. The first-order chi connectivity index (χ1) is 31.8. The number of nitrogens with zero attached hydrogens (tertiary/aromatic N) is 5. The van der Waals surface area contributed by atoms with Gasteiger partial charge in [-0.1, -0.05) is 107 Å². The fraction of sp³-hybridized carbons (Fsp3) is 0.208. The summed E-state index contributed by atoms with van der Waals surface area (Å²) in [4.78, 5) is 17.8. The molecule has 0 saturated carbocycles. The average molecular weight is 1010 g/mol. The van der Waals surface area contributed by atoms with Gasteiger partial charge in [-0.3, -0.25) is 4.98 Å². The average Bonchev–Trinajstić information content (AvgIpc) is 3.98. The fourth-order valence-electron chi connectivity index (χ4n) is 7.87. The molecule has 0 amide bonds. The number of hydrogen-bond acceptors (Lipinski definition) is 6. The molecule has 0 unspecified atom stereocenters. The van der Waals surface area contributed by atoms with Crippen LogP contribution < -0.4 is 5.19 Å². The summed E-state index contributed by atoms with van der Waals surface area (Å²) in [6.45, 7) is 10.2. The van der Waals surface area contributed by atoms with E-state index in [0.29, 0.717) is 22.4 Å². The van der Waals surface area contributed by atoms with Crippen molar-refractivity contribution in [2.45, 2.75) is 72.9 Å². The summed E-state index contributed by atoms with van der Waals surface area (Å²) in [7, 11) is -1.23. The summed E-state index contributed by atoms with van der Waals surface area (Å²) in [6, 6.07) is 45.2. The van der Waals surface area contributed by atoms with Gasteiger partial charge in [0.2, 0.25) is 5.71 Å². The molecule has 0 aliphatic heterocycles. The second kappa shape index (κ2) is 17.0. The quantitative estimate of drug-likeness (QED) is 0.117. The second-order valence-electron chi connectivity index (χ2n) is 16.9. The molecule has 313 valence electrons. The molecule has 0 fully saturated rings. The first kappa shape index (κ1) is 35.6. The Morgan fingerprint density at radius 3 is 2.10 bits per heavy atom. The number of rotatable bonds is 7. The number of aromatic nitrogens is 5. The van der Waals surface area contributed by atoms with Crippen molar-refractivity contribution in [3.8, 4) is 39.5 Å². The van der Waals surface area contributed by atoms with Gasteiger partial charge in [-0.2, -0.15) is 4.98 Å². The van der Waals surface area contributed by atoms with Crippen molar-refractivity contribution in [2.75, 3.05) is 0 Å². The van der Waals surface area contributed by atoms with Crippen LogP contribution in [0.15, 0.2) is 130 Å². The molecule has 0 saturated heterocycles. The SMILES string of the molecule is C[Si](C)(C)c1ccc(-c2[c-]cccc2)nc1.[2H]C([2H])([2H])c1nc(C([2H])([2H])[2H])c2c(n1)oc1c3cc[c-]c(-c4nc5ccccc5n4-c4c(C(C)C)cc(-c5ccccc5)cc4C(C)C)c3oc12.[Ir]. The van der Waals surface area contributed by atoms with Crippen LogP contribution in [0, 0.1) is 25.8 Å². The van der Waals surface area contributed by atoms with Crippen LogP contribution in [0.3, 0.4) is 0 Å². The molecular weight excluding hydrogens is 959 g/mol. The Labute approximate surface area is 386 Å². The Bertz CT molecular complexity index is 3400. The van der Waals surface area contributed by atoms with E-state index in [4.69, 9.17) is 22.0 Å². The molecule has 62 heavy (non-hydrogen) atoms. The van der Waals surface area contributed by atoms with Crippen molar-refractivity contribution in [3.63, 3.8) is 0 Å². The Hall–Kier alpha value is -5.99. The monoisotopic (exact) mass is 1010 g/mol. The molecule has 5 aromatic carbocycles.